The van der Waals surface area contributed by atoms with Gasteiger partial charge in [-0.15, -0.1) is 0 Å². The van der Waals surface area contributed by atoms with Crippen molar-refractivity contribution < 1.29 is 0 Å². The maximum Gasteiger partial charge on any atom is -0.0276 e. The normalized spacial score (nSPS) is 33.8. The third kappa shape index (κ3) is 4.34. The topological polar surface area (TPSA) is 0 Å². The Morgan fingerprint density at radius 2 is 1.33 bits per heavy atom. The predicted octanol–water partition coefficient (Wildman–Crippen LogP) is 6.25. The van der Waals surface area contributed by atoms with E-state index in [0.29, 0.717) is 0 Å². The Morgan fingerprint density at radius 1 is 0.762 bits per heavy atom. The summed E-state index contributed by atoms with van der Waals surface area (Å²) in [6.45, 7) is 2.44. The molecule has 2 aliphatic carbocycles. The van der Waals surface area contributed by atoms with Crippen molar-refractivity contribution in [2.75, 3.05) is 0 Å². The molecule has 0 heterocycles. The van der Waals surface area contributed by atoms with Crippen LogP contribution in [0.2, 0.25) is 0 Å². The number of aryl methyl sites for hydroxylation is 1. The first-order chi connectivity index (χ1) is 10.3. The first kappa shape index (κ1) is 15.1. The zero-order chi connectivity index (χ0) is 14.5. The molecule has 0 aromatic heterocycles. The van der Waals surface area contributed by atoms with Crippen LogP contribution in [-0.4, -0.2) is 0 Å². The molecule has 2 fully saturated rings. The zero-order valence-corrected chi connectivity index (χ0v) is 13.8. The Labute approximate surface area is 131 Å². The van der Waals surface area contributed by atoms with Crippen molar-refractivity contribution in [2.45, 2.75) is 71.1 Å². The number of benzene rings is 1. The standard InChI is InChI=1S/C21H32/c1-17-7-13-20(14-8-17)21-15-11-19(12-16-21)10-9-18-5-3-2-4-6-18/h2-6,17,19-21H,7-16H2,1H3. The average molecular weight is 284 g/mol. The Bertz CT molecular complexity index is 391. The molecule has 0 N–H and O–H groups in total. The molecule has 3 rings (SSSR count). The van der Waals surface area contributed by atoms with Crippen LogP contribution in [0, 0.1) is 23.7 Å². The van der Waals surface area contributed by atoms with Crippen LogP contribution in [0.5, 0.6) is 0 Å². The van der Waals surface area contributed by atoms with Crippen LogP contribution in [0.4, 0.5) is 0 Å². The summed E-state index contributed by atoms with van der Waals surface area (Å²) in [5.74, 6) is 4.16. The lowest BCUT2D eigenvalue weighted by molar-refractivity contribution is 0.148. The molecule has 21 heavy (non-hydrogen) atoms. The first-order valence-corrected chi connectivity index (χ1v) is 9.35. The van der Waals surface area contributed by atoms with Crippen molar-refractivity contribution in [1.82, 2.24) is 0 Å². The fourth-order valence-electron chi connectivity index (χ4n) is 4.72. The van der Waals surface area contributed by atoms with E-state index >= 15 is 0 Å². The highest BCUT2D eigenvalue weighted by Gasteiger charge is 2.29. The molecule has 0 amide bonds. The highest BCUT2D eigenvalue weighted by Crippen LogP contribution is 2.42. The Hall–Kier alpha value is -0.780. The molecule has 0 nitrogen and oxygen atoms in total. The second kappa shape index (κ2) is 7.47. The van der Waals surface area contributed by atoms with Crippen LogP contribution < -0.4 is 0 Å². The van der Waals surface area contributed by atoms with E-state index in [1.165, 1.54) is 69.8 Å². The molecule has 2 saturated carbocycles. The first-order valence-electron chi connectivity index (χ1n) is 9.35. The summed E-state index contributed by atoms with van der Waals surface area (Å²) in [5, 5.41) is 0. The van der Waals surface area contributed by atoms with Crippen LogP contribution in [0.25, 0.3) is 0 Å². The molecule has 1 aromatic carbocycles. The fourth-order valence-corrected chi connectivity index (χ4v) is 4.72. The molecule has 0 saturated heterocycles. The van der Waals surface area contributed by atoms with Gasteiger partial charge in [0.15, 0.2) is 0 Å². The highest BCUT2D eigenvalue weighted by molar-refractivity contribution is 5.14. The van der Waals surface area contributed by atoms with Crippen molar-refractivity contribution in [2.24, 2.45) is 23.7 Å². The quantitative estimate of drug-likeness (QED) is 0.613. The molecule has 116 valence electrons. The van der Waals surface area contributed by atoms with E-state index in [1.54, 1.807) is 0 Å². The van der Waals surface area contributed by atoms with Gasteiger partial charge in [0, 0.05) is 0 Å². The van der Waals surface area contributed by atoms with Gasteiger partial charge in [0.25, 0.3) is 0 Å². The van der Waals surface area contributed by atoms with Crippen LogP contribution >= 0.6 is 0 Å². The van der Waals surface area contributed by atoms with Crippen molar-refractivity contribution in [3.63, 3.8) is 0 Å². The molecule has 0 atom stereocenters. The molecule has 0 radical (unpaired) electrons. The third-order valence-electron chi connectivity index (χ3n) is 6.30. The van der Waals surface area contributed by atoms with E-state index < -0.39 is 0 Å². The van der Waals surface area contributed by atoms with Crippen molar-refractivity contribution in [3.8, 4) is 0 Å². The van der Waals surface area contributed by atoms with E-state index in [2.05, 4.69) is 37.3 Å². The smallest absolute Gasteiger partial charge is 0.0276 e. The van der Waals surface area contributed by atoms with E-state index in [4.69, 9.17) is 0 Å². The van der Waals surface area contributed by atoms with Crippen LogP contribution in [0.1, 0.15) is 70.3 Å². The van der Waals surface area contributed by atoms with E-state index in [1.807, 2.05) is 0 Å². The SMILES string of the molecule is CC1CCC(C2CCC(CCc3ccccc3)CC2)CC1. The van der Waals surface area contributed by atoms with Gasteiger partial charge in [-0.25, -0.2) is 0 Å². The minimum absolute atomic E-state index is 1.00. The van der Waals surface area contributed by atoms with Gasteiger partial charge in [0.2, 0.25) is 0 Å². The predicted molar refractivity (Wildman–Crippen MR) is 91.3 cm³/mol. The molecule has 0 heteroatoms. The maximum atomic E-state index is 2.44. The van der Waals surface area contributed by atoms with Crippen molar-refractivity contribution in [3.05, 3.63) is 35.9 Å². The van der Waals surface area contributed by atoms with Crippen LogP contribution in [0.3, 0.4) is 0 Å². The number of rotatable bonds is 4. The third-order valence-corrected chi connectivity index (χ3v) is 6.30. The second-order valence-electron chi connectivity index (χ2n) is 7.83. The maximum absolute atomic E-state index is 2.44. The Kier molecular flexibility index (Phi) is 5.38. The summed E-state index contributed by atoms with van der Waals surface area (Å²) in [4.78, 5) is 0. The largest absolute Gasteiger partial charge is 0.0625 e. The van der Waals surface area contributed by atoms with E-state index in [-0.39, 0.29) is 0 Å². The average Bonchev–Trinajstić information content (AvgIpc) is 2.55. The van der Waals surface area contributed by atoms with Gasteiger partial charge in [-0.05, 0) is 67.8 Å². The van der Waals surface area contributed by atoms with Gasteiger partial charge in [-0.2, -0.15) is 0 Å². The monoisotopic (exact) mass is 284 g/mol. The molecular weight excluding hydrogens is 252 g/mol. The van der Waals surface area contributed by atoms with Gasteiger partial charge >= 0.3 is 0 Å². The number of hydrogen-bond acceptors (Lipinski definition) is 0. The lowest BCUT2D eigenvalue weighted by atomic mass is 9.69. The van der Waals surface area contributed by atoms with E-state index in [9.17, 15) is 0 Å². The molecule has 0 spiro atoms. The molecule has 1 aromatic rings. The minimum atomic E-state index is 1.00. The molecule has 0 unspecified atom stereocenters. The summed E-state index contributed by atoms with van der Waals surface area (Å²) in [6, 6.07) is 11.1. The Balaban J connectivity index is 1.39. The van der Waals surface area contributed by atoms with Crippen LogP contribution in [0.15, 0.2) is 30.3 Å². The molecular formula is C21H32. The summed E-state index contributed by atoms with van der Waals surface area (Å²) >= 11 is 0. The summed E-state index contributed by atoms with van der Waals surface area (Å²) < 4.78 is 0. The fraction of sp³-hybridized carbons (Fsp3) is 0.714. The van der Waals surface area contributed by atoms with Gasteiger partial charge in [-0.3, -0.25) is 0 Å². The minimum Gasteiger partial charge on any atom is -0.0625 e. The summed E-state index contributed by atoms with van der Waals surface area (Å²) in [7, 11) is 0. The van der Waals surface area contributed by atoms with Crippen molar-refractivity contribution >= 4 is 0 Å². The van der Waals surface area contributed by atoms with Gasteiger partial charge in [0.1, 0.15) is 0 Å². The lowest BCUT2D eigenvalue weighted by Gasteiger charge is -2.37. The van der Waals surface area contributed by atoms with Crippen LogP contribution in [-0.2, 0) is 6.42 Å². The number of hydrogen-bond donors (Lipinski definition) is 0. The van der Waals surface area contributed by atoms with E-state index in [0.717, 1.165) is 23.7 Å². The van der Waals surface area contributed by atoms with Gasteiger partial charge < -0.3 is 0 Å². The molecule has 2 aliphatic rings. The zero-order valence-electron chi connectivity index (χ0n) is 13.8. The highest BCUT2D eigenvalue weighted by atomic mass is 14.3. The molecule has 0 aliphatic heterocycles. The van der Waals surface area contributed by atoms with Gasteiger partial charge in [-0.1, -0.05) is 62.9 Å². The summed E-state index contributed by atoms with van der Waals surface area (Å²) in [6.07, 6.45) is 14.8. The second-order valence-corrected chi connectivity index (χ2v) is 7.83. The lowest BCUT2D eigenvalue weighted by Crippen LogP contribution is -2.25. The Morgan fingerprint density at radius 3 is 1.95 bits per heavy atom. The molecule has 0 bridgehead atoms. The summed E-state index contributed by atoms with van der Waals surface area (Å²) in [5.41, 5.74) is 1.53. The van der Waals surface area contributed by atoms with Crippen molar-refractivity contribution in [1.29, 1.82) is 0 Å². The van der Waals surface area contributed by atoms with Gasteiger partial charge in [0.05, 0.1) is 0 Å².